The molecule has 1 aromatic rings. The van der Waals surface area contributed by atoms with Gasteiger partial charge in [-0.3, -0.25) is 4.79 Å². The highest BCUT2D eigenvalue weighted by atomic mass is 79.9. The van der Waals surface area contributed by atoms with E-state index in [1.807, 2.05) is 6.07 Å². The number of hydrogen-bond donors (Lipinski definition) is 2. The van der Waals surface area contributed by atoms with Crippen LogP contribution in [0, 0.1) is 0 Å². The number of para-hydroxylation sites is 1. The SMILES string of the molecule is CCN(CC(=O)O)C(=O)Nc1ccccc1Br. The molecule has 2 N–H and O–H groups in total. The second-order valence-electron chi connectivity index (χ2n) is 3.32. The van der Waals surface area contributed by atoms with Crippen molar-refractivity contribution < 1.29 is 14.7 Å². The lowest BCUT2D eigenvalue weighted by Gasteiger charge is -2.19. The van der Waals surface area contributed by atoms with E-state index in [1.54, 1.807) is 25.1 Å². The van der Waals surface area contributed by atoms with Crippen molar-refractivity contribution in [2.24, 2.45) is 0 Å². The van der Waals surface area contributed by atoms with Crippen molar-refractivity contribution >= 4 is 33.6 Å². The van der Waals surface area contributed by atoms with Gasteiger partial charge < -0.3 is 15.3 Å². The van der Waals surface area contributed by atoms with Gasteiger partial charge in [-0.2, -0.15) is 0 Å². The van der Waals surface area contributed by atoms with Gasteiger partial charge in [-0.15, -0.1) is 0 Å². The smallest absolute Gasteiger partial charge is 0.323 e. The van der Waals surface area contributed by atoms with Gasteiger partial charge in [-0.25, -0.2) is 4.79 Å². The molecule has 0 atom stereocenters. The fourth-order valence-electron chi connectivity index (χ4n) is 1.25. The van der Waals surface area contributed by atoms with Crippen LogP contribution in [0.3, 0.4) is 0 Å². The number of urea groups is 1. The van der Waals surface area contributed by atoms with Gasteiger partial charge >= 0.3 is 12.0 Å². The van der Waals surface area contributed by atoms with E-state index in [-0.39, 0.29) is 6.54 Å². The number of anilines is 1. The summed E-state index contributed by atoms with van der Waals surface area (Å²) in [7, 11) is 0. The van der Waals surface area contributed by atoms with Gasteiger partial charge in [0.1, 0.15) is 6.54 Å². The lowest BCUT2D eigenvalue weighted by molar-refractivity contribution is -0.137. The number of benzene rings is 1. The number of carboxylic acids is 1. The number of hydrogen-bond acceptors (Lipinski definition) is 2. The highest BCUT2D eigenvalue weighted by Gasteiger charge is 2.15. The molecular weight excluding hydrogens is 288 g/mol. The Labute approximate surface area is 108 Å². The Bertz CT molecular complexity index is 423. The van der Waals surface area contributed by atoms with E-state index in [0.29, 0.717) is 12.2 Å². The van der Waals surface area contributed by atoms with Crippen molar-refractivity contribution in [1.29, 1.82) is 0 Å². The molecule has 0 aliphatic heterocycles. The predicted molar refractivity (Wildman–Crippen MR) is 68.0 cm³/mol. The third-order valence-electron chi connectivity index (χ3n) is 2.11. The minimum Gasteiger partial charge on any atom is -0.480 e. The molecule has 0 spiro atoms. The molecule has 0 aliphatic rings. The maximum atomic E-state index is 11.8. The Hall–Kier alpha value is -1.56. The van der Waals surface area contributed by atoms with Gasteiger partial charge in [0, 0.05) is 11.0 Å². The van der Waals surface area contributed by atoms with Gasteiger partial charge in [-0.1, -0.05) is 12.1 Å². The molecule has 0 fully saturated rings. The maximum Gasteiger partial charge on any atom is 0.323 e. The van der Waals surface area contributed by atoms with Crippen LogP contribution in [0.15, 0.2) is 28.7 Å². The first-order valence-electron chi connectivity index (χ1n) is 5.06. The molecular formula is C11H13BrN2O3. The summed E-state index contributed by atoms with van der Waals surface area (Å²) >= 11 is 3.30. The number of carboxylic acid groups (broad SMARTS) is 1. The lowest BCUT2D eigenvalue weighted by Crippen LogP contribution is -2.38. The first-order valence-corrected chi connectivity index (χ1v) is 5.86. The Morgan fingerprint density at radius 1 is 1.41 bits per heavy atom. The number of carbonyl (C=O) groups is 2. The molecule has 0 aromatic heterocycles. The fourth-order valence-corrected chi connectivity index (χ4v) is 1.63. The van der Waals surface area contributed by atoms with Crippen LogP contribution in [0.2, 0.25) is 0 Å². The largest absolute Gasteiger partial charge is 0.480 e. The zero-order valence-corrected chi connectivity index (χ0v) is 10.9. The minimum atomic E-state index is -1.03. The number of aliphatic carboxylic acids is 1. The van der Waals surface area contributed by atoms with E-state index in [1.165, 1.54) is 4.90 Å². The second kappa shape index (κ2) is 6.24. The van der Waals surface area contributed by atoms with Crippen molar-refractivity contribution in [2.75, 3.05) is 18.4 Å². The van der Waals surface area contributed by atoms with Crippen molar-refractivity contribution in [1.82, 2.24) is 4.90 Å². The zero-order valence-electron chi connectivity index (χ0n) is 9.31. The van der Waals surface area contributed by atoms with Gasteiger partial charge in [0.25, 0.3) is 0 Å². The molecule has 1 rings (SSSR count). The van der Waals surface area contributed by atoms with E-state index >= 15 is 0 Å². The zero-order chi connectivity index (χ0) is 12.8. The summed E-state index contributed by atoms with van der Waals surface area (Å²) in [6.45, 7) is 1.75. The highest BCUT2D eigenvalue weighted by Crippen LogP contribution is 2.21. The molecule has 0 heterocycles. The molecule has 2 amide bonds. The van der Waals surface area contributed by atoms with Crippen molar-refractivity contribution in [3.63, 3.8) is 0 Å². The first-order chi connectivity index (χ1) is 8.04. The lowest BCUT2D eigenvalue weighted by atomic mass is 10.3. The number of nitrogens with zero attached hydrogens (tertiary/aromatic N) is 1. The molecule has 0 saturated heterocycles. The molecule has 6 heteroatoms. The first kappa shape index (κ1) is 13.5. The summed E-state index contributed by atoms with van der Waals surface area (Å²) in [5.41, 5.74) is 0.612. The average molecular weight is 301 g/mol. The molecule has 92 valence electrons. The van der Waals surface area contributed by atoms with Crippen LogP contribution in [0.5, 0.6) is 0 Å². The topological polar surface area (TPSA) is 69.6 Å². The third-order valence-corrected chi connectivity index (χ3v) is 2.80. The summed E-state index contributed by atoms with van der Waals surface area (Å²) in [4.78, 5) is 23.5. The standard InChI is InChI=1S/C11H13BrN2O3/c1-2-14(7-10(15)16)11(17)13-9-6-4-3-5-8(9)12/h3-6H,2,7H2,1H3,(H,13,17)(H,15,16). The quantitative estimate of drug-likeness (QED) is 0.897. The minimum absolute atomic E-state index is 0.313. The summed E-state index contributed by atoms with van der Waals surface area (Å²) in [6.07, 6.45) is 0. The van der Waals surface area contributed by atoms with Gasteiger partial charge in [0.15, 0.2) is 0 Å². The van der Waals surface area contributed by atoms with Crippen LogP contribution in [0.1, 0.15) is 6.92 Å². The molecule has 0 unspecified atom stereocenters. The summed E-state index contributed by atoms with van der Waals surface area (Å²) in [5, 5.41) is 11.3. The molecule has 1 aromatic carbocycles. The van der Waals surface area contributed by atoms with Gasteiger partial charge in [0.2, 0.25) is 0 Å². The van der Waals surface area contributed by atoms with Crippen LogP contribution in [-0.4, -0.2) is 35.1 Å². The number of likely N-dealkylation sites (N-methyl/N-ethyl adjacent to an activating group) is 1. The Morgan fingerprint density at radius 3 is 2.59 bits per heavy atom. The normalized spacial score (nSPS) is 9.76. The van der Waals surface area contributed by atoms with Crippen LogP contribution in [0.4, 0.5) is 10.5 Å². The van der Waals surface area contributed by atoms with E-state index in [9.17, 15) is 9.59 Å². The van der Waals surface area contributed by atoms with E-state index in [4.69, 9.17) is 5.11 Å². The average Bonchev–Trinajstić information content (AvgIpc) is 2.28. The highest BCUT2D eigenvalue weighted by molar-refractivity contribution is 9.10. The predicted octanol–water partition coefficient (Wildman–Crippen LogP) is 2.39. The van der Waals surface area contributed by atoms with Gasteiger partial charge in [0.05, 0.1) is 5.69 Å². The van der Waals surface area contributed by atoms with Crippen LogP contribution >= 0.6 is 15.9 Å². The molecule has 0 aliphatic carbocycles. The molecule has 0 bridgehead atoms. The Balaban J connectivity index is 2.71. The Kier molecular flexibility index (Phi) is 4.96. The van der Waals surface area contributed by atoms with Crippen LogP contribution in [-0.2, 0) is 4.79 Å². The molecule has 0 saturated carbocycles. The second-order valence-corrected chi connectivity index (χ2v) is 4.17. The monoisotopic (exact) mass is 300 g/mol. The number of halogens is 1. The maximum absolute atomic E-state index is 11.8. The molecule has 0 radical (unpaired) electrons. The molecule has 5 nitrogen and oxygen atoms in total. The van der Waals surface area contributed by atoms with E-state index in [0.717, 1.165) is 4.47 Å². The number of carbonyl (C=O) groups excluding carboxylic acids is 1. The van der Waals surface area contributed by atoms with Crippen LogP contribution < -0.4 is 5.32 Å². The summed E-state index contributed by atoms with van der Waals surface area (Å²) in [5.74, 6) is -1.03. The third kappa shape index (κ3) is 4.07. The summed E-state index contributed by atoms with van der Waals surface area (Å²) in [6, 6.07) is 6.71. The fraction of sp³-hybridized carbons (Fsp3) is 0.273. The van der Waals surface area contributed by atoms with E-state index < -0.39 is 12.0 Å². The number of amides is 2. The number of nitrogens with one attached hydrogen (secondary N) is 1. The summed E-state index contributed by atoms with van der Waals surface area (Å²) < 4.78 is 0.750. The van der Waals surface area contributed by atoms with E-state index in [2.05, 4.69) is 21.2 Å². The van der Waals surface area contributed by atoms with Crippen LogP contribution in [0.25, 0.3) is 0 Å². The number of rotatable bonds is 4. The molecule has 17 heavy (non-hydrogen) atoms. The van der Waals surface area contributed by atoms with Crippen molar-refractivity contribution in [3.8, 4) is 0 Å². The van der Waals surface area contributed by atoms with Crippen molar-refractivity contribution in [3.05, 3.63) is 28.7 Å². The van der Waals surface area contributed by atoms with Gasteiger partial charge in [-0.05, 0) is 35.0 Å². The van der Waals surface area contributed by atoms with Crippen molar-refractivity contribution in [2.45, 2.75) is 6.92 Å². The Morgan fingerprint density at radius 2 is 2.06 bits per heavy atom.